The highest BCUT2D eigenvalue weighted by molar-refractivity contribution is 7.99. The van der Waals surface area contributed by atoms with Gasteiger partial charge in [0, 0.05) is 41.9 Å². The molecule has 3 rings (SSSR count). The van der Waals surface area contributed by atoms with E-state index in [0.717, 1.165) is 16.6 Å². The van der Waals surface area contributed by atoms with Gasteiger partial charge in [-0.15, -0.1) is 0 Å². The summed E-state index contributed by atoms with van der Waals surface area (Å²) in [6.45, 7) is 0. The summed E-state index contributed by atoms with van der Waals surface area (Å²) in [5, 5.41) is 22.9. The lowest BCUT2D eigenvalue weighted by Gasteiger charge is -2.11. The highest BCUT2D eigenvalue weighted by Crippen LogP contribution is 2.37. The van der Waals surface area contributed by atoms with Crippen LogP contribution in [0.1, 0.15) is 5.56 Å². The molecule has 0 aliphatic heterocycles. The summed E-state index contributed by atoms with van der Waals surface area (Å²) in [6.07, 6.45) is 1.39. The molecular formula is C21H18N4O4S. The topological polar surface area (TPSA) is 102 Å². The van der Waals surface area contributed by atoms with Gasteiger partial charge in [0.25, 0.3) is 11.4 Å². The van der Waals surface area contributed by atoms with Crippen molar-refractivity contribution in [2.24, 2.45) is 4.99 Å². The van der Waals surface area contributed by atoms with Crippen LogP contribution >= 0.6 is 11.8 Å². The van der Waals surface area contributed by atoms with Gasteiger partial charge in [0.1, 0.15) is 0 Å². The maximum Gasteiger partial charge on any atom is 0.286 e. The number of rotatable bonds is 7. The second-order valence-corrected chi connectivity index (χ2v) is 7.59. The van der Waals surface area contributed by atoms with Crippen molar-refractivity contribution in [3.63, 3.8) is 0 Å². The Balaban J connectivity index is 2.07. The summed E-state index contributed by atoms with van der Waals surface area (Å²) in [6, 6.07) is 18.8. The number of nitrogens with zero attached hydrogens (tertiary/aromatic N) is 4. The van der Waals surface area contributed by atoms with E-state index >= 15 is 0 Å². The first-order valence-corrected chi connectivity index (χ1v) is 9.68. The molecular weight excluding hydrogens is 404 g/mol. The fourth-order valence-corrected chi connectivity index (χ4v) is 3.65. The lowest BCUT2D eigenvalue weighted by atomic mass is 10.1. The average molecular weight is 422 g/mol. The van der Waals surface area contributed by atoms with Gasteiger partial charge < -0.3 is 4.90 Å². The van der Waals surface area contributed by atoms with Gasteiger partial charge in [-0.05, 0) is 36.4 Å². The van der Waals surface area contributed by atoms with Gasteiger partial charge in [-0.25, -0.2) is 0 Å². The molecule has 0 spiro atoms. The minimum absolute atomic E-state index is 0.219. The van der Waals surface area contributed by atoms with Crippen LogP contribution in [0.15, 0.2) is 81.5 Å². The largest absolute Gasteiger partial charge is 0.378 e. The second kappa shape index (κ2) is 9.19. The molecule has 0 amide bonds. The van der Waals surface area contributed by atoms with Crippen molar-refractivity contribution in [1.29, 1.82) is 0 Å². The Morgan fingerprint density at radius 2 is 1.60 bits per heavy atom. The Kier molecular flexibility index (Phi) is 6.43. The fourth-order valence-electron chi connectivity index (χ4n) is 2.66. The van der Waals surface area contributed by atoms with Crippen LogP contribution in [-0.2, 0) is 0 Å². The summed E-state index contributed by atoms with van der Waals surface area (Å²) in [7, 11) is 3.84. The van der Waals surface area contributed by atoms with E-state index in [9.17, 15) is 20.2 Å². The summed E-state index contributed by atoms with van der Waals surface area (Å²) in [4.78, 5) is 29.2. The van der Waals surface area contributed by atoms with Crippen LogP contribution in [0.4, 0.5) is 22.7 Å². The van der Waals surface area contributed by atoms with E-state index in [2.05, 4.69) is 4.99 Å². The van der Waals surface area contributed by atoms with Gasteiger partial charge in [0.05, 0.1) is 27.2 Å². The maximum atomic E-state index is 11.6. The molecule has 0 radical (unpaired) electrons. The Bertz CT molecular complexity index is 1100. The molecule has 0 fully saturated rings. The van der Waals surface area contributed by atoms with E-state index in [0.29, 0.717) is 10.6 Å². The van der Waals surface area contributed by atoms with E-state index in [4.69, 9.17) is 0 Å². The summed E-state index contributed by atoms with van der Waals surface area (Å²) in [5.41, 5.74) is 1.12. The van der Waals surface area contributed by atoms with Crippen molar-refractivity contribution in [3.05, 3.63) is 92.5 Å². The number of hydrogen-bond acceptors (Lipinski definition) is 7. The smallest absolute Gasteiger partial charge is 0.286 e. The Morgan fingerprint density at radius 1 is 0.933 bits per heavy atom. The average Bonchev–Trinajstić information content (AvgIpc) is 2.73. The lowest BCUT2D eigenvalue weighted by Crippen LogP contribution is -2.07. The van der Waals surface area contributed by atoms with Gasteiger partial charge in [-0.1, -0.05) is 30.0 Å². The molecule has 0 saturated carbocycles. The standard InChI is InChI=1S/C21H18N4O4S/c1-23(2)16-10-8-15(9-11-16)22-14-19-20(25(28)29)12-17(24(26)27)13-21(19)30-18-6-4-3-5-7-18/h3-14H,1-2H3. The van der Waals surface area contributed by atoms with Crippen molar-refractivity contribution in [3.8, 4) is 0 Å². The Labute approximate surface area is 177 Å². The molecule has 0 heterocycles. The number of aliphatic imine (C=N–C) groups is 1. The molecule has 0 N–H and O–H groups in total. The fraction of sp³-hybridized carbons (Fsp3) is 0.0952. The van der Waals surface area contributed by atoms with Crippen LogP contribution < -0.4 is 4.90 Å². The SMILES string of the molecule is CN(C)c1ccc(N=Cc2c(Sc3ccccc3)cc([N+](=O)[O-])cc2[N+](=O)[O-])cc1. The third-order valence-corrected chi connectivity index (χ3v) is 5.26. The third kappa shape index (κ3) is 5.00. The van der Waals surface area contributed by atoms with E-state index in [1.807, 2.05) is 61.5 Å². The first-order valence-electron chi connectivity index (χ1n) is 8.86. The predicted octanol–water partition coefficient (Wildman–Crippen LogP) is 5.47. The van der Waals surface area contributed by atoms with Crippen LogP contribution in [0.2, 0.25) is 0 Å². The quantitative estimate of drug-likeness (QED) is 0.284. The molecule has 0 aliphatic rings. The zero-order chi connectivity index (χ0) is 21.7. The number of non-ortho nitro benzene ring substituents is 1. The van der Waals surface area contributed by atoms with Gasteiger partial charge in [-0.3, -0.25) is 25.2 Å². The molecule has 0 atom stereocenters. The second-order valence-electron chi connectivity index (χ2n) is 6.48. The summed E-state index contributed by atoms with van der Waals surface area (Å²) >= 11 is 1.21. The molecule has 30 heavy (non-hydrogen) atoms. The van der Waals surface area contributed by atoms with E-state index in [-0.39, 0.29) is 16.9 Å². The molecule has 3 aromatic carbocycles. The number of hydrogen-bond donors (Lipinski definition) is 0. The van der Waals surface area contributed by atoms with Crippen LogP contribution in [0.5, 0.6) is 0 Å². The highest BCUT2D eigenvalue weighted by Gasteiger charge is 2.23. The zero-order valence-electron chi connectivity index (χ0n) is 16.3. The number of nitro benzene ring substituents is 2. The first-order chi connectivity index (χ1) is 14.3. The normalized spacial score (nSPS) is 10.9. The third-order valence-electron chi connectivity index (χ3n) is 4.19. The molecule has 152 valence electrons. The van der Waals surface area contributed by atoms with Crippen molar-refractivity contribution < 1.29 is 9.85 Å². The van der Waals surface area contributed by atoms with E-state index in [1.165, 1.54) is 24.0 Å². The van der Waals surface area contributed by atoms with E-state index in [1.54, 1.807) is 12.1 Å². The number of benzene rings is 3. The predicted molar refractivity (Wildman–Crippen MR) is 118 cm³/mol. The number of nitro groups is 2. The van der Waals surface area contributed by atoms with Crippen LogP contribution in [0, 0.1) is 20.2 Å². The molecule has 8 nitrogen and oxygen atoms in total. The van der Waals surface area contributed by atoms with Crippen LogP contribution in [-0.4, -0.2) is 30.2 Å². The van der Waals surface area contributed by atoms with E-state index < -0.39 is 9.85 Å². The molecule has 9 heteroatoms. The zero-order valence-corrected chi connectivity index (χ0v) is 17.1. The summed E-state index contributed by atoms with van der Waals surface area (Å²) in [5.74, 6) is 0. The van der Waals surface area contributed by atoms with Crippen molar-refractivity contribution in [2.75, 3.05) is 19.0 Å². The number of anilines is 1. The maximum absolute atomic E-state index is 11.6. The monoisotopic (exact) mass is 422 g/mol. The molecule has 0 bridgehead atoms. The molecule has 0 aromatic heterocycles. The van der Waals surface area contributed by atoms with Gasteiger partial charge >= 0.3 is 0 Å². The van der Waals surface area contributed by atoms with Gasteiger partial charge in [-0.2, -0.15) is 0 Å². The van der Waals surface area contributed by atoms with Gasteiger partial charge in [0.2, 0.25) is 0 Å². The molecule has 0 unspecified atom stereocenters. The minimum Gasteiger partial charge on any atom is -0.378 e. The van der Waals surface area contributed by atoms with Gasteiger partial charge in [0.15, 0.2) is 0 Å². The molecule has 0 saturated heterocycles. The summed E-state index contributed by atoms with van der Waals surface area (Å²) < 4.78 is 0. The van der Waals surface area contributed by atoms with Crippen molar-refractivity contribution in [2.45, 2.75) is 9.79 Å². The molecule has 0 aliphatic carbocycles. The Hall–Kier alpha value is -3.72. The first kappa shape index (κ1) is 21.0. The molecule has 3 aromatic rings. The van der Waals surface area contributed by atoms with Crippen LogP contribution in [0.3, 0.4) is 0 Å². The van der Waals surface area contributed by atoms with Crippen molar-refractivity contribution >= 4 is 40.7 Å². The van der Waals surface area contributed by atoms with Crippen molar-refractivity contribution in [1.82, 2.24) is 0 Å². The lowest BCUT2D eigenvalue weighted by molar-refractivity contribution is -0.394. The highest BCUT2D eigenvalue weighted by atomic mass is 32.2. The van der Waals surface area contributed by atoms with Crippen LogP contribution in [0.25, 0.3) is 0 Å². The Morgan fingerprint density at radius 3 is 2.17 bits per heavy atom. The minimum atomic E-state index is -0.636.